The fourth-order valence-electron chi connectivity index (χ4n) is 1.09. The lowest BCUT2D eigenvalue weighted by Crippen LogP contribution is -2.48. The van der Waals surface area contributed by atoms with E-state index in [0.717, 1.165) is 19.4 Å². The number of hydrogen-bond donors (Lipinski definition) is 1. The number of carbonyl (C=O) groups is 1. The number of hydrogen-bond acceptors (Lipinski definition) is 1. The Labute approximate surface area is 74.9 Å². The minimum absolute atomic E-state index is 0.152. The lowest BCUT2D eigenvalue weighted by molar-refractivity contribution is 0.152. The fourth-order valence-corrected chi connectivity index (χ4v) is 1.09. The number of primary amides is 1. The van der Waals surface area contributed by atoms with E-state index >= 15 is 0 Å². The molecule has 0 radical (unpaired) electrons. The number of nitrogens with two attached hydrogens (primary N) is 1. The maximum Gasteiger partial charge on any atom is 0.315 e. The number of amides is 2. The Morgan fingerprint density at radius 2 is 1.92 bits per heavy atom. The predicted molar refractivity (Wildman–Crippen MR) is 51.0 cm³/mol. The van der Waals surface area contributed by atoms with Crippen LogP contribution < -0.4 is 5.73 Å². The van der Waals surface area contributed by atoms with Crippen LogP contribution in [-0.2, 0) is 0 Å². The first-order valence-corrected chi connectivity index (χ1v) is 4.46. The molecule has 0 saturated heterocycles. The summed E-state index contributed by atoms with van der Waals surface area (Å²) in [6.45, 7) is 8.84. The third-order valence-corrected chi connectivity index (χ3v) is 1.81. The van der Waals surface area contributed by atoms with E-state index in [0.29, 0.717) is 0 Å². The van der Waals surface area contributed by atoms with E-state index in [1.165, 1.54) is 0 Å². The lowest BCUT2D eigenvalue weighted by Gasteiger charge is -2.34. The lowest BCUT2D eigenvalue weighted by atomic mass is 10.1. The minimum Gasteiger partial charge on any atom is -0.351 e. The number of rotatable bonds is 3. The van der Waals surface area contributed by atoms with Gasteiger partial charge in [-0.25, -0.2) is 4.79 Å². The summed E-state index contributed by atoms with van der Waals surface area (Å²) in [5.41, 5.74) is 5.10. The van der Waals surface area contributed by atoms with E-state index in [1.807, 2.05) is 20.8 Å². The van der Waals surface area contributed by atoms with Crippen molar-refractivity contribution in [2.75, 3.05) is 6.54 Å². The van der Waals surface area contributed by atoms with Gasteiger partial charge >= 0.3 is 6.03 Å². The zero-order chi connectivity index (χ0) is 9.78. The quantitative estimate of drug-likeness (QED) is 0.695. The molecule has 0 aliphatic rings. The maximum absolute atomic E-state index is 11.0. The SMILES string of the molecule is CCCCN(C(N)=O)C(C)(C)C. The van der Waals surface area contributed by atoms with Crippen LogP contribution in [0.2, 0.25) is 0 Å². The van der Waals surface area contributed by atoms with Gasteiger partial charge in [-0.1, -0.05) is 13.3 Å². The summed E-state index contributed by atoms with van der Waals surface area (Å²) in [5.74, 6) is 0. The first kappa shape index (κ1) is 11.3. The maximum atomic E-state index is 11.0. The molecule has 0 aromatic carbocycles. The van der Waals surface area contributed by atoms with Crippen molar-refractivity contribution < 1.29 is 4.79 Å². The molecular weight excluding hydrogens is 152 g/mol. The Hall–Kier alpha value is -0.730. The van der Waals surface area contributed by atoms with Gasteiger partial charge in [0.15, 0.2) is 0 Å². The topological polar surface area (TPSA) is 46.3 Å². The number of urea groups is 1. The molecule has 12 heavy (non-hydrogen) atoms. The summed E-state index contributed by atoms with van der Waals surface area (Å²) in [6.07, 6.45) is 2.10. The largest absolute Gasteiger partial charge is 0.351 e. The van der Waals surface area contributed by atoms with Gasteiger partial charge in [0.2, 0.25) is 0 Å². The Bertz CT molecular complexity index is 149. The molecule has 0 aliphatic carbocycles. The minimum atomic E-state index is -0.323. The van der Waals surface area contributed by atoms with Gasteiger partial charge in [0.25, 0.3) is 0 Å². The summed E-state index contributed by atoms with van der Waals surface area (Å²) < 4.78 is 0. The number of unbranched alkanes of at least 4 members (excludes halogenated alkanes) is 1. The Morgan fingerprint density at radius 1 is 1.42 bits per heavy atom. The van der Waals surface area contributed by atoms with E-state index in [4.69, 9.17) is 5.73 Å². The van der Waals surface area contributed by atoms with Gasteiger partial charge in [-0.3, -0.25) is 0 Å². The van der Waals surface area contributed by atoms with Crippen LogP contribution in [0.5, 0.6) is 0 Å². The molecule has 3 heteroatoms. The molecule has 0 heterocycles. The van der Waals surface area contributed by atoms with Gasteiger partial charge in [-0.05, 0) is 27.2 Å². The first-order valence-electron chi connectivity index (χ1n) is 4.46. The fraction of sp³-hybridized carbons (Fsp3) is 0.889. The van der Waals surface area contributed by atoms with Crippen LogP contribution in [0.1, 0.15) is 40.5 Å². The van der Waals surface area contributed by atoms with Crippen molar-refractivity contribution in [3.05, 3.63) is 0 Å². The van der Waals surface area contributed by atoms with Crippen LogP contribution in [0.4, 0.5) is 4.79 Å². The zero-order valence-electron chi connectivity index (χ0n) is 8.55. The van der Waals surface area contributed by atoms with Crippen molar-refractivity contribution in [1.82, 2.24) is 4.90 Å². The third-order valence-electron chi connectivity index (χ3n) is 1.81. The summed E-state index contributed by atoms with van der Waals surface area (Å²) in [7, 11) is 0. The predicted octanol–water partition coefficient (Wildman–Crippen LogP) is 1.97. The second kappa shape index (κ2) is 4.33. The van der Waals surface area contributed by atoms with Gasteiger partial charge in [0.1, 0.15) is 0 Å². The molecule has 2 N–H and O–H groups in total. The molecule has 0 rings (SSSR count). The molecule has 0 fully saturated rings. The van der Waals surface area contributed by atoms with E-state index < -0.39 is 0 Å². The normalized spacial score (nSPS) is 11.3. The van der Waals surface area contributed by atoms with E-state index in [2.05, 4.69) is 6.92 Å². The van der Waals surface area contributed by atoms with Crippen molar-refractivity contribution in [2.24, 2.45) is 5.73 Å². The second-order valence-electron chi connectivity index (χ2n) is 4.01. The van der Waals surface area contributed by atoms with E-state index in [1.54, 1.807) is 4.90 Å². The summed E-state index contributed by atoms with van der Waals surface area (Å²) >= 11 is 0. The summed E-state index contributed by atoms with van der Waals surface area (Å²) in [6, 6.07) is -0.323. The zero-order valence-corrected chi connectivity index (χ0v) is 8.55. The standard InChI is InChI=1S/C9H20N2O/c1-5-6-7-11(8(10)12)9(2,3)4/h5-7H2,1-4H3,(H2,10,12). The molecule has 0 aromatic rings. The highest BCUT2D eigenvalue weighted by atomic mass is 16.2. The van der Waals surface area contributed by atoms with Gasteiger partial charge in [0, 0.05) is 12.1 Å². The van der Waals surface area contributed by atoms with Crippen molar-refractivity contribution in [1.29, 1.82) is 0 Å². The van der Waals surface area contributed by atoms with Gasteiger partial charge in [-0.2, -0.15) is 0 Å². The van der Waals surface area contributed by atoms with Crippen LogP contribution in [-0.4, -0.2) is 23.0 Å². The third kappa shape index (κ3) is 3.60. The van der Waals surface area contributed by atoms with Crippen LogP contribution in [0.3, 0.4) is 0 Å². The van der Waals surface area contributed by atoms with E-state index in [9.17, 15) is 4.79 Å². The highest BCUT2D eigenvalue weighted by Crippen LogP contribution is 2.13. The Morgan fingerprint density at radius 3 is 2.17 bits per heavy atom. The van der Waals surface area contributed by atoms with Gasteiger partial charge in [0.05, 0.1) is 0 Å². The molecule has 0 aromatic heterocycles. The molecule has 0 atom stereocenters. The molecule has 0 unspecified atom stereocenters. The summed E-state index contributed by atoms with van der Waals surface area (Å²) in [4.78, 5) is 12.7. The van der Waals surface area contributed by atoms with Crippen molar-refractivity contribution in [2.45, 2.75) is 46.1 Å². The van der Waals surface area contributed by atoms with Crippen LogP contribution in [0.15, 0.2) is 0 Å². The molecular formula is C9H20N2O. The molecule has 2 amide bonds. The first-order chi connectivity index (χ1) is 5.39. The van der Waals surface area contributed by atoms with Gasteiger partial charge < -0.3 is 10.6 Å². The van der Waals surface area contributed by atoms with Crippen molar-refractivity contribution in [3.63, 3.8) is 0 Å². The van der Waals surface area contributed by atoms with Crippen LogP contribution >= 0.6 is 0 Å². The Balaban J connectivity index is 4.15. The average Bonchev–Trinajstić information content (AvgIpc) is 1.84. The molecule has 72 valence electrons. The highest BCUT2D eigenvalue weighted by Gasteiger charge is 2.23. The molecule has 0 saturated carbocycles. The van der Waals surface area contributed by atoms with Gasteiger partial charge in [-0.15, -0.1) is 0 Å². The second-order valence-corrected chi connectivity index (χ2v) is 4.01. The highest BCUT2D eigenvalue weighted by molar-refractivity contribution is 5.72. The molecule has 0 bridgehead atoms. The van der Waals surface area contributed by atoms with Crippen molar-refractivity contribution >= 4 is 6.03 Å². The summed E-state index contributed by atoms with van der Waals surface area (Å²) in [5, 5.41) is 0. The Kier molecular flexibility index (Phi) is 4.07. The number of nitrogens with zero attached hydrogens (tertiary/aromatic N) is 1. The smallest absolute Gasteiger partial charge is 0.315 e. The van der Waals surface area contributed by atoms with Crippen LogP contribution in [0, 0.1) is 0 Å². The van der Waals surface area contributed by atoms with Crippen molar-refractivity contribution in [3.8, 4) is 0 Å². The average molecular weight is 172 g/mol. The molecule has 0 spiro atoms. The molecule has 3 nitrogen and oxygen atoms in total. The van der Waals surface area contributed by atoms with E-state index in [-0.39, 0.29) is 11.6 Å². The monoisotopic (exact) mass is 172 g/mol. The van der Waals surface area contributed by atoms with Crippen LogP contribution in [0.25, 0.3) is 0 Å². The number of carbonyl (C=O) groups excluding carboxylic acids is 1. The molecule has 0 aliphatic heterocycles.